The van der Waals surface area contributed by atoms with Crippen molar-refractivity contribution >= 4 is 35.0 Å². The summed E-state index contributed by atoms with van der Waals surface area (Å²) < 4.78 is 1.55. The number of nitrogens with zero attached hydrogens (tertiary/aromatic N) is 1. The molecule has 0 amide bonds. The van der Waals surface area contributed by atoms with E-state index in [0.29, 0.717) is 5.69 Å². The molecule has 182 valence electrons. The van der Waals surface area contributed by atoms with Crippen LogP contribution >= 0.6 is 0 Å². The number of carboxylic acids is 2. The van der Waals surface area contributed by atoms with Gasteiger partial charge in [-0.25, -0.2) is 9.59 Å². The van der Waals surface area contributed by atoms with Crippen molar-refractivity contribution in [3.05, 3.63) is 105 Å². The third-order valence-corrected chi connectivity index (χ3v) is 6.87. The van der Waals surface area contributed by atoms with Gasteiger partial charge < -0.3 is 14.8 Å². The van der Waals surface area contributed by atoms with Gasteiger partial charge in [-0.1, -0.05) is 86.2 Å². The molecule has 36 heavy (non-hydrogen) atoms. The molecule has 4 rings (SSSR count). The molecular formula is C30H30BNO4. The predicted molar refractivity (Wildman–Crippen MR) is 146 cm³/mol. The second-order valence-corrected chi connectivity index (χ2v) is 9.75. The highest BCUT2D eigenvalue weighted by atomic mass is 16.4. The van der Waals surface area contributed by atoms with Crippen LogP contribution in [0.2, 0.25) is 0 Å². The second kappa shape index (κ2) is 9.54. The first kappa shape index (κ1) is 25.1. The van der Waals surface area contributed by atoms with Gasteiger partial charge >= 0.3 is 11.9 Å². The molecule has 1 heterocycles. The van der Waals surface area contributed by atoms with Crippen LogP contribution in [-0.4, -0.2) is 33.4 Å². The van der Waals surface area contributed by atoms with Crippen LogP contribution in [0.15, 0.2) is 60.9 Å². The molecule has 0 radical (unpaired) electrons. The van der Waals surface area contributed by atoms with Crippen LogP contribution in [0.25, 0.3) is 5.69 Å². The van der Waals surface area contributed by atoms with Gasteiger partial charge in [0.1, 0.15) is 0 Å². The minimum Gasteiger partial charge on any atom is -0.478 e. The Bertz CT molecular complexity index is 1360. The summed E-state index contributed by atoms with van der Waals surface area (Å²) in [6.07, 6.45) is 2.70. The number of aryl methyl sites for hydroxylation is 6. The van der Waals surface area contributed by atoms with Crippen LogP contribution < -0.4 is 16.4 Å². The lowest BCUT2D eigenvalue weighted by molar-refractivity contribution is 0.0653. The molecule has 4 aromatic rings. The van der Waals surface area contributed by atoms with E-state index in [1.54, 1.807) is 4.57 Å². The molecule has 3 aromatic carbocycles. The van der Waals surface area contributed by atoms with Gasteiger partial charge in [0.25, 0.3) is 0 Å². The van der Waals surface area contributed by atoms with Crippen LogP contribution in [0.3, 0.4) is 0 Å². The smallest absolute Gasteiger partial charge is 0.338 e. The number of carboxylic acid groups (broad SMARTS) is 2. The molecule has 0 bridgehead atoms. The summed E-state index contributed by atoms with van der Waals surface area (Å²) in [6.45, 7) is 12.9. The SMILES string of the molecule is Cc1cc(C)c(B(c2ccc(-n3cc(C(=O)O)c(C(=O)O)c3)cc2)c2c(C)cc(C)cc2C)c(C)c1. The first-order valence-corrected chi connectivity index (χ1v) is 11.9. The highest BCUT2D eigenvalue weighted by Gasteiger charge is 2.28. The van der Waals surface area contributed by atoms with Gasteiger partial charge in [-0.2, -0.15) is 0 Å². The fraction of sp³-hybridized carbons (Fsp3) is 0.200. The van der Waals surface area contributed by atoms with E-state index in [2.05, 4.69) is 77.9 Å². The first-order valence-electron chi connectivity index (χ1n) is 11.9. The monoisotopic (exact) mass is 479 g/mol. The van der Waals surface area contributed by atoms with E-state index in [1.165, 1.54) is 56.7 Å². The summed E-state index contributed by atoms with van der Waals surface area (Å²) in [6, 6.07) is 16.8. The highest BCUT2D eigenvalue weighted by molar-refractivity contribution is 6.96. The molecule has 0 fully saturated rings. The standard InChI is InChI=1S/C30H30BNO4/c1-17-11-19(3)27(20(4)12-17)31(28-21(5)13-18(2)14-22(28)6)23-7-9-24(10-8-23)32-15-25(29(33)34)26(16-32)30(35)36/h7-16H,1-6H3,(H,33,34)(H,35,36). The average Bonchev–Trinajstić information content (AvgIpc) is 3.23. The minimum atomic E-state index is -1.27. The van der Waals surface area contributed by atoms with Crippen molar-refractivity contribution in [2.45, 2.75) is 41.5 Å². The molecule has 2 N–H and O–H groups in total. The van der Waals surface area contributed by atoms with Gasteiger partial charge in [0.15, 0.2) is 0 Å². The lowest BCUT2D eigenvalue weighted by Crippen LogP contribution is -2.55. The van der Waals surface area contributed by atoms with Gasteiger partial charge in [0.05, 0.1) is 11.1 Å². The molecule has 0 spiro atoms. The van der Waals surface area contributed by atoms with Crippen molar-refractivity contribution in [2.75, 3.05) is 0 Å². The topological polar surface area (TPSA) is 79.5 Å². The second-order valence-electron chi connectivity index (χ2n) is 9.75. The Morgan fingerprint density at radius 3 is 1.33 bits per heavy atom. The fourth-order valence-electron chi connectivity index (χ4n) is 5.55. The molecule has 5 nitrogen and oxygen atoms in total. The lowest BCUT2D eigenvalue weighted by atomic mass is 9.34. The Labute approximate surface area is 212 Å². The fourth-order valence-corrected chi connectivity index (χ4v) is 5.55. The van der Waals surface area contributed by atoms with Gasteiger partial charge in [-0.05, 0) is 53.7 Å². The number of hydrogen-bond donors (Lipinski definition) is 2. The first-order chi connectivity index (χ1) is 17.0. The zero-order valence-electron chi connectivity index (χ0n) is 21.5. The third-order valence-electron chi connectivity index (χ3n) is 6.87. The van der Waals surface area contributed by atoms with Crippen molar-refractivity contribution in [1.29, 1.82) is 0 Å². The van der Waals surface area contributed by atoms with Gasteiger partial charge in [0.2, 0.25) is 6.71 Å². The Morgan fingerprint density at radius 2 is 1.00 bits per heavy atom. The average molecular weight is 479 g/mol. The predicted octanol–water partition coefficient (Wildman–Crippen LogP) is 4.24. The minimum absolute atomic E-state index is 0.0223. The van der Waals surface area contributed by atoms with Gasteiger partial charge in [-0.3, -0.25) is 0 Å². The molecule has 6 heteroatoms. The maximum absolute atomic E-state index is 11.5. The zero-order valence-corrected chi connectivity index (χ0v) is 21.5. The summed E-state index contributed by atoms with van der Waals surface area (Å²) in [7, 11) is 0. The van der Waals surface area contributed by atoms with Gasteiger partial charge in [0, 0.05) is 18.1 Å². The van der Waals surface area contributed by atoms with Crippen molar-refractivity contribution in [3.63, 3.8) is 0 Å². The highest BCUT2D eigenvalue weighted by Crippen LogP contribution is 2.17. The molecule has 1 aromatic heterocycles. The summed E-state index contributed by atoms with van der Waals surface area (Å²) in [5.41, 5.74) is 11.3. The summed E-state index contributed by atoms with van der Waals surface area (Å²) in [5.74, 6) is -2.53. The number of rotatable bonds is 6. The van der Waals surface area contributed by atoms with Crippen molar-refractivity contribution in [2.24, 2.45) is 0 Å². The maximum Gasteiger partial charge on any atom is 0.338 e. The van der Waals surface area contributed by atoms with E-state index in [-0.39, 0.29) is 17.8 Å². The van der Waals surface area contributed by atoms with E-state index < -0.39 is 11.9 Å². The quantitative estimate of drug-likeness (QED) is 0.406. The lowest BCUT2D eigenvalue weighted by Gasteiger charge is -2.24. The molecule has 0 aliphatic heterocycles. The van der Waals surface area contributed by atoms with Crippen LogP contribution in [0.5, 0.6) is 0 Å². The van der Waals surface area contributed by atoms with E-state index in [4.69, 9.17) is 0 Å². The molecule has 0 saturated heterocycles. The Balaban J connectivity index is 1.89. The number of aromatic carboxylic acids is 2. The van der Waals surface area contributed by atoms with E-state index >= 15 is 0 Å². The summed E-state index contributed by atoms with van der Waals surface area (Å²) in [4.78, 5) is 23.1. The van der Waals surface area contributed by atoms with Crippen molar-refractivity contribution in [1.82, 2.24) is 4.57 Å². The maximum atomic E-state index is 11.5. The summed E-state index contributed by atoms with van der Waals surface area (Å²) >= 11 is 0. The Morgan fingerprint density at radius 1 is 0.639 bits per heavy atom. The van der Waals surface area contributed by atoms with Gasteiger partial charge in [-0.15, -0.1) is 0 Å². The largest absolute Gasteiger partial charge is 0.478 e. The molecule has 0 aliphatic rings. The van der Waals surface area contributed by atoms with E-state index in [1.807, 2.05) is 12.1 Å². The molecular weight excluding hydrogens is 449 g/mol. The number of carbonyl (C=O) groups is 2. The molecule has 0 saturated carbocycles. The number of benzene rings is 3. The molecule has 0 aliphatic carbocycles. The van der Waals surface area contributed by atoms with Crippen molar-refractivity contribution in [3.8, 4) is 5.69 Å². The molecule has 0 atom stereocenters. The van der Waals surface area contributed by atoms with Crippen molar-refractivity contribution < 1.29 is 19.8 Å². The normalized spacial score (nSPS) is 10.9. The Hall–Kier alpha value is -4.06. The number of aromatic nitrogens is 1. The summed E-state index contributed by atoms with van der Waals surface area (Å²) in [5, 5.41) is 18.8. The van der Waals surface area contributed by atoms with Crippen LogP contribution in [0, 0.1) is 41.5 Å². The molecule has 0 unspecified atom stereocenters. The zero-order chi connectivity index (χ0) is 26.3. The number of hydrogen-bond acceptors (Lipinski definition) is 2. The van der Waals surface area contributed by atoms with E-state index in [9.17, 15) is 19.8 Å². The Kier molecular flexibility index (Phi) is 6.64. The van der Waals surface area contributed by atoms with Crippen LogP contribution in [0.4, 0.5) is 0 Å². The third kappa shape index (κ3) is 4.59. The van der Waals surface area contributed by atoms with Crippen LogP contribution in [0.1, 0.15) is 54.1 Å². The van der Waals surface area contributed by atoms with Crippen LogP contribution in [-0.2, 0) is 0 Å². The van der Waals surface area contributed by atoms with E-state index in [0.717, 1.165) is 5.46 Å².